The van der Waals surface area contributed by atoms with Gasteiger partial charge in [0, 0.05) is 55.1 Å². The third-order valence-electron chi connectivity index (χ3n) is 12.8. The minimum atomic E-state index is -0.0705. The fraction of sp³-hybridized carbons (Fsp3) is 0.154. The predicted molar refractivity (Wildman–Crippen MR) is 239 cm³/mol. The summed E-state index contributed by atoms with van der Waals surface area (Å²) in [6, 6.07) is 46.3. The monoisotopic (exact) mass is 736 g/mol. The Labute approximate surface area is 332 Å². The van der Waals surface area contributed by atoms with E-state index in [1.807, 2.05) is 36.4 Å². The Bertz CT molecular complexity index is 3220. The van der Waals surface area contributed by atoms with Crippen molar-refractivity contribution in [1.29, 1.82) is 0 Å². The maximum Gasteiger partial charge on any atom is 0.252 e. The largest absolute Gasteiger partial charge is 0.310 e. The molecule has 5 heteroatoms. The van der Waals surface area contributed by atoms with Crippen LogP contribution in [0.1, 0.15) is 73.4 Å². The highest BCUT2D eigenvalue weighted by Crippen LogP contribution is 2.44. The molecular formula is C52H41BN2O2. The minimum absolute atomic E-state index is 0.0149. The second kappa shape index (κ2) is 11.5. The van der Waals surface area contributed by atoms with E-state index in [1.54, 1.807) is 0 Å². The number of carbonyl (C=O) groups is 2. The average Bonchev–Trinajstić information content (AvgIpc) is 3.74. The Kier molecular flexibility index (Phi) is 6.86. The van der Waals surface area contributed by atoms with Gasteiger partial charge in [-0.15, -0.1) is 0 Å². The van der Waals surface area contributed by atoms with E-state index in [1.165, 1.54) is 88.1 Å². The fourth-order valence-electron chi connectivity index (χ4n) is 9.82. The van der Waals surface area contributed by atoms with E-state index in [9.17, 15) is 9.59 Å². The summed E-state index contributed by atoms with van der Waals surface area (Å²) in [4.78, 5) is 23.2. The van der Waals surface area contributed by atoms with Gasteiger partial charge in [-0.05, 0) is 97.0 Å². The Morgan fingerprint density at radius 1 is 0.491 bits per heavy atom. The number of hydrogen-bond acceptors (Lipinski definition) is 2. The first-order valence-electron chi connectivity index (χ1n) is 19.9. The predicted octanol–water partition coefficient (Wildman–Crippen LogP) is 10.6. The Morgan fingerprint density at radius 2 is 1.11 bits per heavy atom. The van der Waals surface area contributed by atoms with Crippen molar-refractivity contribution in [3.05, 3.63) is 150 Å². The molecule has 2 aliphatic heterocycles. The fourth-order valence-corrected chi connectivity index (χ4v) is 9.82. The van der Waals surface area contributed by atoms with Crippen LogP contribution >= 0.6 is 0 Å². The van der Waals surface area contributed by atoms with Crippen molar-refractivity contribution in [3.8, 4) is 33.6 Å². The molecule has 4 heterocycles. The van der Waals surface area contributed by atoms with Crippen molar-refractivity contribution in [2.24, 2.45) is 0 Å². The number of aromatic nitrogens is 2. The highest BCUT2D eigenvalue weighted by molar-refractivity contribution is 7.00. The normalized spacial score (nSPS) is 13.2. The molecule has 57 heavy (non-hydrogen) atoms. The number of benzene rings is 7. The summed E-state index contributed by atoms with van der Waals surface area (Å²) in [6.45, 7) is 13.8. The molecule has 0 aliphatic carbocycles. The molecule has 0 saturated heterocycles. The van der Waals surface area contributed by atoms with E-state index in [0.717, 1.165) is 29.3 Å². The van der Waals surface area contributed by atoms with Gasteiger partial charge >= 0.3 is 0 Å². The lowest BCUT2D eigenvalue weighted by Gasteiger charge is -2.34. The smallest absolute Gasteiger partial charge is 0.252 e. The van der Waals surface area contributed by atoms with Gasteiger partial charge in [0.1, 0.15) is 12.6 Å². The molecule has 11 rings (SSSR count). The Hall–Kier alpha value is -6.46. The van der Waals surface area contributed by atoms with Crippen LogP contribution in [-0.4, -0.2) is 28.4 Å². The topological polar surface area (TPSA) is 44.0 Å². The van der Waals surface area contributed by atoms with Crippen molar-refractivity contribution >= 4 is 79.3 Å². The van der Waals surface area contributed by atoms with Gasteiger partial charge in [0.25, 0.3) is 6.71 Å². The zero-order chi connectivity index (χ0) is 39.1. The van der Waals surface area contributed by atoms with Gasteiger partial charge in [0.2, 0.25) is 0 Å². The quantitative estimate of drug-likeness (QED) is 0.133. The minimum Gasteiger partial charge on any atom is -0.310 e. The van der Waals surface area contributed by atoms with Crippen molar-refractivity contribution in [3.63, 3.8) is 0 Å². The molecule has 0 bridgehead atoms. The SMILES string of the molecule is CC(C)(C)c1ccc2c(c1)c1c(-c3ccc(C=O)cc3)ccc3c1n2-c1cccc2c1B3c1cc(C(C)(C)C)cc3c4ccc(-c5ccc(C=O)cc5)cc4n-2c13. The Balaban J connectivity index is 1.28. The van der Waals surface area contributed by atoms with Gasteiger partial charge in [-0.2, -0.15) is 0 Å². The number of fused-ring (bicyclic) bond motifs is 10. The molecule has 0 saturated carbocycles. The number of rotatable bonds is 4. The molecule has 0 radical (unpaired) electrons. The molecular weight excluding hydrogens is 695 g/mol. The summed E-state index contributed by atoms with van der Waals surface area (Å²) in [7, 11) is 0. The number of nitrogens with zero attached hydrogens (tertiary/aromatic N) is 2. The molecule has 9 aromatic rings. The highest BCUT2D eigenvalue weighted by atomic mass is 16.1. The van der Waals surface area contributed by atoms with Crippen LogP contribution in [0.25, 0.3) is 77.2 Å². The van der Waals surface area contributed by atoms with E-state index in [4.69, 9.17) is 0 Å². The number of carbonyl (C=O) groups excluding carboxylic acids is 2. The van der Waals surface area contributed by atoms with Crippen LogP contribution in [0.2, 0.25) is 0 Å². The lowest BCUT2D eigenvalue weighted by atomic mass is 9.34. The van der Waals surface area contributed by atoms with Crippen molar-refractivity contribution < 1.29 is 9.59 Å². The van der Waals surface area contributed by atoms with Crippen LogP contribution in [0.15, 0.2) is 127 Å². The maximum atomic E-state index is 11.7. The van der Waals surface area contributed by atoms with E-state index in [0.29, 0.717) is 11.1 Å². The maximum absolute atomic E-state index is 11.7. The summed E-state index contributed by atoms with van der Waals surface area (Å²) < 4.78 is 5.06. The van der Waals surface area contributed by atoms with Crippen LogP contribution in [0.5, 0.6) is 0 Å². The first-order chi connectivity index (χ1) is 27.4. The lowest BCUT2D eigenvalue weighted by molar-refractivity contribution is 0.111. The molecule has 7 aromatic carbocycles. The third kappa shape index (κ3) is 4.69. The molecule has 274 valence electrons. The highest BCUT2D eigenvalue weighted by Gasteiger charge is 2.42. The molecule has 2 aromatic heterocycles. The second-order valence-electron chi connectivity index (χ2n) is 18.1. The van der Waals surface area contributed by atoms with Gasteiger partial charge < -0.3 is 9.13 Å². The van der Waals surface area contributed by atoms with E-state index in [2.05, 4.69) is 142 Å². The van der Waals surface area contributed by atoms with Gasteiger partial charge in [0.15, 0.2) is 0 Å². The molecule has 0 atom stereocenters. The van der Waals surface area contributed by atoms with Crippen LogP contribution in [0, 0.1) is 0 Å². The van der Waals surface area contributed by atoms with Crippen LogP contribution in [0.4, 0.5) is 0 Å². The standard InChI is InChI=1S/C52H41BN2O2/c1-51(2,3)35-19-23-43-40(25-35)47-37(33-16-12-31(29-57)13-17-33)21-22-41-50(47)54(43)44-8-7-9-45-48(44)53(41)42-27-36(52(4,5)6)26-39-38-20-18-34(24-46(38)55(45)49(39)42)32-14-10-30(28-56)11-15-32/h7-29H,1-6H3. The van der Waals surface area contributed by atoms with E-state index < -0.39 is 0 Å². The molecule has 0 N–H and O–H groups in total. The molecule has 0 spiro atoms. The third-order valence-corrected chi connectivity index (χ3v) is 12.8. The second-order valence-corrected chi connectivity index (χ2v) is 18.1. The summed E-state index contributed by atoms with van der Waals surface area (Å²) in [5, 5.41) is 5.01. The first-order valence-corrected chi connectivity index (χ1v) is 19.9. The first kappa shape index (κ1) is 33.8. The summed E-state index contributed by atoms with van der Waals surface area (Å²) in [6.07, 6.45) is 1.81. The van der Waals surface area contributed by atoms with E-state index in [-0.39, 0.29) is 17.5 Å². The number of aldehydes is 2. The van der Waals surface area contributed by atoms with Crippen LogP contribution in [-0.2, 0) is 10.8 Å². The van der Waals surface area contributed by atoms with Gasteiger partial charge in [-0.1, -0.05) is 133 Å². The van der Waals surface area contributed by atoms with E-state index >= 15 is 0 Å². The Morgan fingerprint density at radius 3 is 1.75 bits per heavy atom. The van der Waals surface area contributed by atoms with Crippen LogP contribution in [0.3, 0.4) is 0 Å². The van der Waals surface area contributed by atoms with Crippen molar-refractivity contribution in [1.82, 2.24) is 9.13 Å². The molecule has 0 unspecified atom stereocenters. The van der Waals surface area contributed by atoms with Crippen molar-refractivity contribution in [2.45, 2.75) is 52.4 Å². The van der Waals surface area contributed by atoms with Crippen LogP contribution < -0.4 is 16.4 Å². The summed E-state index contributed by atoms with van der Waals surface area (Å²) >= 11 is 0. The number of hydrogen-bond donors (Lipinski definition) is 0. The molecule has 2 aliphatic rings. The molecule has 4 nitrogen and oxygen atoms in total. The van der Waals surface area contributed by atoms with Gasteiger partial charge in [0.05, 0.1) is 11.0 Å². The van der Waals surface area contributed by atoms with Gasteiger partial charge in [-0.3, -0.25) is 9.59 Å². The van der Waals surface area contributed by atoms with Gasteiger partial charge in [-0.25, -0.2) is 0 Å². The molecule has 0 amide bonds. The zero-order valence-corrected chi connectivity index (χ0v) is 33.1. The zero-order valence-electron chi connectivity index (χ0n) is 33.1. The molecule has 0 fully saturated rings. The summed E-state index contributed by atoms with van der Waals surface area (Å²) in [5.41, 5.74) is 19.6. The van der Waals surface area contributed by atoms with Crippen molar-refractivity contribution in [2.75, 3.05) is 0 Å². The average molecular weight is 737 g/mol. The lowest BCUT2D eigenvalue weighted by Crippen LogP contribution is -2.59. The summed E-state index contributed by atoms with van der Waals surface area (Å²) in [5.74, 6) is 0.